The van der Waals surface area contributed by atoms with E-state index >= 15 is 0 Å². The van der Waals surface area contributed by atoms with E-state index in [0.29, 0.717) is 0 Å². The largest absolute Gasteiger partial charge is 0.385 e. The molecule has 1 saturated carbocycles. The van der Waals surface area contributed by atoms with Crippen LogP contribution < -0.4 is 0 Å². The summed E-state index contributed by atoms with van der Waals surface area (Å²) in [6.07, 6.45) is 3.10. The van der Waals surface area contributed by atoms with Crippen molar-refractivity contribution >= 4 is 21.7 Å². The van der Waals surface area contributed by atoms with E-state index in [4.69, 9.17) is 0 Å². The van der Waals surface area contributed by atoms with Crippen molar-refractivity contribution in [2.24, 2.45) is 5.92 Å². The van der Waals surface area contributed by atoms with Crippen LogP contribution in [0.1, 0.15) is 42.5 Å². The average Bonchev–Trinajstić information content (AvgIpc) is 2.43. The van der Waals surface area contributed by atoms with Crippen molar-refractivity contribution in [3.8, 4) is 0 Å². The Balaban J connectivity index is 2.26. The summed E-state index contributed by atoms with van der Waals surface area (Å²) in [6.45, 7) is 0. The van der Waals surface area contributed by atoms with Gasteiger partial charge in [-0.05, 0) is 46.8 Å². The Kier molecular flexibility index (Phi) is 4.68. The van der Waals surface area contributed by atoms with E-state index in [1.165, 1.54) is 6.07 Å². The number of rotatable bonds is 3. The molecule has 0 aromatic heterocycles. The molecule has 1 aliphatic carbocycles. The number of hydrogen-bond acceptors (Lipinski definition) is 2. The molecular formula is C14H15BrF2O2. The predicted octanol–water partition coefficient (Wildman–Crippen LogP) is 3.85. The molecule has 2 nitrogen and oxygen atoms in total. The lowest BCUT2D eigenvalue weighted by Crippen LogP contribution is -2.32. The van der Waals surface area contributed by atoms with Gasteiger partial charge in [0.1, 0.15) is 11.9 Å². The van der Waals surface area contributed by atoms with E-state index in [2.05, 4.69) is 15.9 Å². The molecule has 0 spiro atoms. The van der Waals surface area contributed by atoms with E-state index in [-0.39, 0.29) is 10.4 Å². The van der Waals surface area contributed by atoms with Crippen LogP contribution in [0.5, 0.6) is 0 Å². The van der Waals surface area contributed by atoms with Crippen molar-refractivity contribution in [2.45, 2.75) is 38.2 Å². The van der Waals surface area contributed by atoms with Gasteiger partial charge in [0, 0.05) is 0 Å². The second kappa shape index (κ2) is 6.09. The van der Waals surface area contributed by atoms with Crippen LogP contribution in [0.4, 0.5) is 8.78 Å². The molecule has 0 heterocycles. The fourth-order valence-electron chi connectivity index (χ4n) is 2.56. The fraction of sp³-hybridized carbons (Fsp3) is 0.500. The minimum atomic E-state index is -1.32. The zero-order valence-electron chi connectivity index (χ0n) is 10.3. The van der Waals surface area contributed by atoms with Gasteiger partial charge in [0.2, 0.25) is 0 Å². The molecule has 104 valence electrons. The maximum Gasteiger partial charge on any atom is 0.197 e. The minimum absolute atomic E-state index is 0.0214. The first-order chi connectivity index (χ1) is 9.02. The highest BCUT2D eigenvalue weighted by molar-refractivity contribution is 9.10. The Morgan fingerprint density at radius 2 is 1.89 bits per heavy atom. The number of carbonyl (C=O) groups is 1. The highest BCUT2D eigenvalue weighted by atomic mass is 79.9. The maximum absolute atomic E-state index is 13.8. The molecular weight excluding hydrogens is 318 g/mol. The van der Waals surface area contributed by atoms with Crippen LogP contribution in [0.2, 0.25) is 0 Å². The highest BCUT2D eigenvalue weighted by Crippen LogP contribution is 2.30. The zero-order chi connectivity index (χ0) is 14.0. The molecule has 0 bridgehead atoms. The number of hydrogen-bond donors (Lipinski definition) is 1. The van der Waals surface area contributed by atoms with Gasteiger partial charge in [0.15, 0.2) is 11.6 Å². The summed E-state index contributed by atoms with van der Waals surface area (Å²) in [5.41, 5.74) is -0.646. The molecule has 1 N–H and O–H groups in total. The van der Waals surface area contributed by atoms with Crippen molar-refractivity contribution in [1.29, 1.82) is 0 Å². The molecule has 0 aliphatic heterocycles. The Morgan fingerprint density at radius 1 is 1.26 bits per heavy atom. The number of aliphatic hydroxyl groups is 1. The van der Waals surface area contributed by atoms with Crippen molar-refractivity contribution < 1.29 is 18.7 Å². The van der Waals surface area contributed by atoms with Crippen LogP contribution in [0.15, 0.2) is 16.6 Å². The second-order valence-corrected chi connectivity index (χ2v) is 5.78. The van der Waals surface area contributed by atoms with Crippen LogP contribution in [0, 0.1) is 17.6 Å². The van der Waals surface area contributed by atoms with Crippen molar-refractivity contribution in [3.63, 3.8) is 0 Å². The molecule has 1 aromatic rings. The first-order valence-electron chi connectivity index (χ1n) is 6.38. The Bertz CT molecular complexity index is 485. The van der Waals surface area contributed by atoms with E-state index in [1.807, 2.05) is 0 Å². The first kappa shape index (κ1) is 14.6. The number of ketones is 1. The lowest BCUT2D eigenvalue weighted by Gasteiger charge is -2.25. The van der Waals surface area contributed by atoms with Gasteiger partial charge in [-0.2, -0.15) is 0 Å². The lowest BCUT2D eigenvalue weighted by atomic mass is 9.82. The predicted molar refractivity (Wildman–Crippen MR) is 71.0 cm³/mol. The molecule has 19 heavy (non-hydrogen) atoms. The van der Waals surface area contributed by atoms with Gasteiger partial charge in [-0.25, -0.2) is 8.78 Å². The standard InChI is InChI=1S/C14H15BrF2O2/c15-9-6-7-10(16)11(12(9)17)14(19)13(18)8-4-2-1-3-5-8/h6-8,13,18H,1-5H2. The van der Waals surface area contributed by atoms with Gasteiger partial charge < -0.3 is 5.11 Å². The number of aliphatic hydroxyl groups excluding tert-OH is 1. The third-order valence-corrected chi connectivity index (χ3v) is 4.27. The van der Waals surface area contributed by atoms with Gasteiger partial charge in [-0.1, -0.05) is 19.3 Å². The SMILES string of the molecule is O=C(c1c(F)ccc(Br)c1F)C(O)C1CCCCC1. The van der Waals surface area contributed by atoms with Crippen molar-refractivity contribution in [2.75, 3.05) is 0 Å². The highest BCUT2D eigenvalue weighted by Gasteiger charge is 2.32. The van der Waals surface area contributed by atoms with Crippen LogP contribution in [-0.2, 0) is 0 Å². The minimum Gasteiger partial charge on any atom is -0.385 e. The van der Waals surface area contributed by atoms with E-state index in [9.17, 15) is 18.7 Å². The summed E-state index contributed by atoms with van der Waals surface area (Å²) in [7, 11) is 0. The lowest BCUT2D eigenvalue weighted by molar-refractivity contribution is 0.0526. The Hall–Kier alpha value is -0.810. The normalized spacial score (nSPS) is 18.3. The summed E-state index contributed by atoms with van der Waals surface area (Å²) in [6, 6.07) is 2.22. The van der Waals surface area contributed by atoms with Crippen LogP contribution in [0.25, 0.3) is 0 Å². The Morgan fingerprint density at radius 3 is 2.53 bits per heavy atom. The molecule has 1 aromatic carbocycles. The average molecular weight is 333 g/mol. The van der Waals surface area contributed by atoms with Crippen LogP contribution in [0.3, 0.4) is 0 Å². The van der Waals surface area contributed by atoms with Gasteiger partial charge in [-0.3, -0.25) is 4.79 Å². The van der Waals surface area contributed by atoms with E-state index in [0.717, 1.165) is 38.2 Å². The molecule has 1 aliphatic rings. The van der Waals surface area contributed by atoms with Gasteiger partial charge >= 0.3 is 0 Å². The summed E-state index contributed by atoms with van der Waals surface area (Å²) < 4.78 is 27.5. The number of halogens is 3. The first-order valence-corrected chi connectivity index (χ1v) is 7.17. The topological polar surface area (TPSA) is 37.3 Å². The van der Waals surface area contributed by atoms with Crippen molar-refractivity contribution in [1.82, 2.24) is 0 Å². The molecule has 1 atom stereocenters. The smallest absolute Gasteiger partial charge is 0.197 e. The summed E-state index contributed by atoms with van der Waals surface area (Å²) >= 11 is 2.92. The van der Waals surface area contributed by atoms with Gasteiger partial charge in [0.05, 0.1) is 10.0 Å². The maximum atomic E-state index is 13.8. The van der Waals surface area contributed by atoms with Gasteiger partial charge in [0.25, 0.3) is 0 Å². The second-order valence-electron chi connectivity index (χ2n) is 4.93. The van der Waals surface area contributed by atoms with Gasteiger partial charge in [-0.15, -0.1) is 0 Å². The molecule has 5 heteroatoms. The fourth-order valence-corrected chi connectivity index (χ4v) is 2.90. The molecule has 1 fully saturated rings. The third-order valence-electron chi connectivity index (χ3n) is 3.66. The van der Waals surface area contributed by atoms with E-state index < -0.39 is 29.1 Å². The number of benzene rings is 1. The van der Waals surface area contributed by atoms with Crippen LogP contribution >= 0.6 is 15.9 Å². The molecule has 0 saturated heterocycles. The van der Waals surface area contributed by atoms with E-state index in [1.54, 1.807) is 0 Å². The van der Waals surface area contributed by atoms with Crippen LogP contribution in [-0.4, -0.2) is 17.0 Å². The summed E-state index contributed by atoms with van der Waals surface area (Å²) in [5, 5.41) is 10.0. The quantitative estimate of drug-likeness (QED) is 0.674. The van der Waals surface area contributed by atoms with Crippen molar-refractivity contribution in [3.05, 3.63) is 33.8 Å². The molecule has 0 radical (unpaired) electrons. The summed E-state index contributed by atoms with van der Waals surface area (Å²) in [4.78, 5) is 12.1. The number of carbonyl (C=O) groups excluding carboxylic acids is 1. The molecule has 0 amide bonds. The third kappa shape index (κ3) is 3.03. The molecule has 2 rings (SSSR count). The molecule has 1 unspecified atom stereocenters. The number of Topliss-reactive ketones (excluding diaryl/α,β-unsaturated/α-hetero) is 1. The summed E-state index contributed by atoms with van der Waals surface area (Å²) in [5.74, 6) is -2.93. The monoisotopic (exact) mass is 332 g/mol. The zero-order valence-corrected chi connectivity index (χ0v) is 11.9. The Labute approximate surface area is 118 Å².